The van der Waals surface area contributed by atoms with Gasteiger partial charge in [0.1, 0.15) is 11.3 Å². The molecule has 3 N–H and O–H groups in total. The number of rotatable bonds is 8. The molecule has 3 aliphatic carbocycles. The molecular formula is C47H63NO7S2. The van der Waals surface area contributed by atoms with Gasteiger partial charge in [0.05, 0.1) is 32.3 Å². The van der Waals surface area contributed by atoms with Gasteiger partial charge in [0, 0.05) is 42.0 Å². The van der Waals surface area contributed by atoms with Crippen molar-refractivity contribution in [3.63, 3.8) is 0 Å². The SMILES string of the molecule is CCCCCc1cccc([C@H]2[C@@H]3C[C@@H]4[C@H]5C(=CCCN4[C@@H]4[C@@H](O)[C@H]6C[C@H](C)CC=C6CSSC[C@H]6CC[C@]2(C6)C[C@@H]34)OC(=C2OC(=O)C(CO)=C2OC)[C@H]5CO)c1. The van der Waals surface area contributed by atoms with Gasteiger partial charge >= 0.3 is 5.97 Å². The second-order valence-corrected chi connectivity index (χ2v) is 21.3. The normalized spacial score (nSPS) is 40.4. The second-order valence-electron chi connectivity index (χ2n) is 18.8. The fourth-order valence-electron chi connectivity index (χ4n) is 13.3. The number of piperidine rings is 1. The Hall–Kier alpha value is -2.21. The van der Waals surface area contributed by atoms with Gasteiger partial charge in [-0.3, -0.25) is 4.90 Å². The van der Waals surface area contributed by atoms with Gasteiger partial charge in [0.2, 0.25) is 5.76 Å². The number of allylic oxidation sites excluding steroid dienone is 1. The molecule has 0 aromatic heterocycles. The Balaban J connectivity index is 1.18. The molecule has 0 unspecified atom stereocenters. The minimum Gasteiger partial charge on any atom is -0.492 e. The molecule has 57 heavy (non-hydrogen) atoms. The number of aliphatic hydroxyl groups excluding tert-OH is 3. The van der Waals surface area contributed by atoms with Crippen LogP contribution in [-0.4, -0.2) is 82.8 Å². The minimum absolute atomic E-state index is 0.00755. The Morgan fingerprint density at radius 1 is 1.07 bits per heavy atom. The first-order chi connectivity index (χ1) is 27.8. The van der Waals surface area contributed by atoms with Gasteiger partial charge in [-0.1, -0.05) is 84.2 Å². The third-order valence-corrected chi connectivity index (χ3v) is 18.1. The number of unbranched alkanes of at least 4 members (excludes halogenated alkanes) is 2. The van der Waals surface area contributed by atoms with E-state index in [1.807, 2.05) is 10.8 Å². The van der Waals surface area contributed by atoms with E-state index in [1.165, 1.54) is 68.1 Å². The van der Waals surface area contributed by atoms with Gasteiger partial charge in [0.25, 0.3) is 0 Å². The van der Waals surface area contributed by atoms with Crippen LogP contribution in [0.5, 0.6) is 0 Å². The highest BCUT2D eigenvalue weighted by Crippen LogP contribution is 2.69. The Morgan fingerprint density at radius 3 is 2.75 bits per heavy atom. The fourth-order valence-corrected chi connectivity index (χ4v) is 16.0. The van der Waals surface area contributed by atoms with Gasteiger partial charge in [0.15, 0.2) is 11.5 Å². The van der Waals surface area contributed by atoms with Crippen LogP contribution in [0.25, 0.3) is 0 Å². The molecule has 3 saturated heterocycles. The Kier molecular flexibility index (Phi) is 11.8. The van der Waals surface area contributed by atoms with Crippen LogP contribution in [0, 0.1) is 46.8 Å². The molecule has 8 aliphatic rings. The molecule has 0 radical (unpaired) electrons. The first-order valence-corrected chi connectivity index (χ1v) is 24.6. The maximum absolute atomic E-state index is 13.3. The Morgan fingerprint density at radius 2 is 1.95 bits per heavy atom. The van der Waals surface area contributed by atoms with Crippen LogP contribution < -0.4 is 0 Å². The number of benzene rings is 1. The molecule has 1 aromatic carbocycles. The Labute approximate surface area is 347 Å². The van der Waals surface area contributed by atoms with E-state index in [2.05, 4.69) is 66.0 Å². The van der Waals surface area contributed by atoms with Crippen molar-refractivity contribution in [2.75, 3.05) is 38.4 Å². The van der Waals surface area contributed by atoms with Gasteiger partial charge in [-0.15, -0.1) is 0 Å². The highest BCUT2D eigenvalue weighted by Gasteiger charge is 2.64. The first-order valence-electron chi connectivity index (χ1n) is 22.1. The topological polar surface area (TPSA) is 109 Å². The van der Waals surface area contributed by atoms with E-state index in [0.29, 0.717) is 35.3 Å². The molecule has 310 valence electrons. The zero-order valence-electron chi connectivity index (χ0n) is 34.1. The summed E-state index contributed by atoms with van der Waals surface area (Å²) in [6.45, 7) is 4.76. The average Bonchev–Trinajstić information content (AvgIpc) is 3.94. The van der Waals surface area contributed by atoms with Crippen molar-refractivity contribution in [3.8, 4) is 0 Å². The lowest BCUT2D eigenvalue weighted by Crippen LogP contribution is -2.62. The molecule has 5 fully saturated rings. The molecule has 0 amide bonds. The predicted molar refractivity (Wildman–Crippen MR) is 226 cm³/mol. The van der Waals surface area contributed by atoms with E-state index < -0.39 is 24.6 Å². The number of methoxy groups -OCH3 is 1. The number of aryl methyl sites for hydroxylation is 1. The molecule has 5 heterocycles. The number of nitrogens with zero attached hydrogens (tertiary/aromatic N) is 1. The molecule has 12 atom stereocenters. The number of hydrogen-bond donors (Lipinski definition) is 3. The fraction of sp³-hybridized carbons (Fsp3) is 0.681. The number of esters is 1. The van der Waals surface area contributed by atoms with E-state index in [9.17, 15) is 20.1 Å². The van der Waals surface area contributed by atoms with E-state index in [-0.39, 0.29) is 53.0 Å². The summed E-state index contributed by atoms with van der Waals surface area (Å²) in [6, 6.07) is 9.63. The van der Waals surface area contributed by atoms with E-state index in [0.717, 1.165) is 56.6 Å². The highest BCUT2D eigenvalue weighted by molar-refractivity contribution is 8.76. The van der Waals surface area contributed by atoms with Gasteiger partial charge in [-0.25, -0.2) is 4.79 Å². The number of carbonyl (C=O) groups excluding carboxylic acids is 1. The van der Waals surface area contributed by atoms with Crippen LogP contribution in [0.4, 0.5) is 0 Å². The quantitative estimate of drug-likeness (QED) is 0.103. The number of ether oxygens (including phenoxy) is 3. The lowest BCUT2D eigenvalue weighted by atomic mass is 9.65. The summed E-state index contributed by atoms with van der Waals surface area (Å²) >= 11 is 0. The molecule has 9 rings (SSSR count). The highest BCUT2D eigenvalue weighted by atomic mass is 33.1. The molecule has 8 nitrogen and oxygen atoms in total. The third-order valence-electron chi connectivity index (χ3n) is 15.6. The van der Waals surface area contributed by atoms with Crippen LogP contribution in [0.15, 0.2) is 70.6 Å². The van der Waals surface area contributed by atoms with Crippen LogP contribution >= 0.6 is 21.6 Å². The maximum atomic E-state index is 13.3. The number of cyclic esters (lactones) is 1. The zero-order chi connectivity index (χ0) is 39.4. The van der Waals surface area contributed by atoms with Crippen molar-refractivity contribution in [2.24, 2.45) is 46.8 Å². The Bertz CT molecular complexity index is 1820. The van der Waals surface area contributed by atoms with E-state index in [1.54, 1.807) is 0 Å². The molecule has 3 bridgehead atoms. The third kappa shape index (κ3) is 7.08. The van der Waals surface area contributed by atoms with Gasteiger partial charge < -0.3 is 29.5 Å². The lowest BCUT2D eigenvalue weighted by Gasteiger charge is -2.54. The summed E-state index contributed by atoms with van der Waals surface area (Å²) in [4.78, 5) is 15.6. The zero-order valence-corrected chi connectivity index (χ0v) is 35.7. The lowest BCUT2D eigenvalue weighted by molar-refractivity contribution is -0.134. The van der Waals surface area contributed by atoms with Crippen molar-refractivity contribution >= 4 is 27.6 Å². The maximum Gasteiger partial charge on any atom is 0.345 e. The van der Waals surface area contributed by atoms with E-state index >= 15 is 0 Å². The van der Waals surface area contributed by atoms with Crippen LogP contribution in [0.2, 0.25) is 0 Å². The summed E-state index contributed by atoms with van der Waals surface area (Å²) in [5, 5.41) is 34.7. The van der Waals surface area contributed by atoms with Crippen molar-refractivity contribution in [1.29, 1.82) is 0 Å². The molecule has 2 saturated carbocycles. The molecular weight excluding hydrogens is 755 g/mol. The summed E-state index contributed by atoms with van der Waals surface area (Å²) in [5.41, 5.74) is 4.63. The number of fused-ring (bicyclic) bond motifs is 6. The van der Waals surface area contributed by atoms with Gasteiger partial charge in [-0.2, -0.15) is 0 Å². The van der Waals surface area contributed by atoms with Crippen molar-refractivity contribution in [3.05, 3.63) is 81.7 Å². The first kappa shape index (κ1) is 40.2. The second kappa shape index (κ2) is 16.7. The summed E-state index contributed by atoms with van der Waals surface area (Å²) in [6.07, 6.45) is 17.7. The van der Waals surface area contributed by atoms with Crippen molar-refractivity contribution < 1.29 is 34.3 Å². The predicted octanol–water partition coefficient (Wildman–Crippen LogP) is 8.30. The summed E-state index contributed by atoms with van der Waals surface area (Å²) in [7, 11) is 5.55. The van der Waals surface area contributed by atoms with Crippen LogP contribution in [0.1, 0.15) is 102 Å². The van der Waals surface area contributed by atoms with Crippen molar-refractivity contribution in [1.82, 2.24) is 4.90 Å². The number of hydrogen-bond acceptors (Lipinski definition) is 10. The molecule has 10 heteroatoms. The van der Waals surface area contributed by atoms with Crippen molar-refractivity contribution in [2.45, 2.75) is 115 Å². The molecule has 5 aliphatic heterocycles. The van der Waals surface area contributed by atoms with Crippen LogP contribution in [0.3, 0.4) is 0 Å². The minimum atomic E-state index is -0.648. The molecule has 1 aromatic rings. The summed E-state index contributed by atoms with van der Waals surface area (Å²) < 4.78 is 18.2. The van der Waals surface area contributed by atoms with Gasteiger partial charge in [-0.05, 0) is 116 Å². The van der Waals surface area contributed by atoms with Crippen LogP contribution in [-0.2, 0) is 25.4 Å². The standard InChI is InChI=1S/C47H63NO7S2/c1-4-5-6-9-28-10-7-11-30(19-28)40-33-20-37-39-35(23-49)44(45-43(53-3)36(24-50)46(52)55-45)54-38(39)12-8-17-48(37)41-34(33)22-47(40)16-15-29(21-47)25-56-57-26-31-14-13-27(2)18-32(31)42(41)51/h7,10-12,14,19,27,29,32-35,37,39-42,49-51H,4-6,8-9,13,15-18,20-26H2,1-3H3/t27-,29+,32+,33-,34+,35+,37-,39+,40+,41+,42+,47+/m1/s1. The number of aliphatic hydroxyl groups is 3. The average molecular weight is 818 g/mol. The smallest absolute Gasteiger partial charge is 0.345 e. The monoisotopic (exact) mass is 817 g/mol. The summed E-state index contributed by atoms with van der Waals surface area (Å²) in [5.74, 6) is 4.89. The van der Waals surface area contributed by atoms with E-state index in [4.69, 9.17) is 14.2 Å². The number of carbonyl (C=O) groups is 1. The largest absolute Gasteiger partial charge is 0.492 e. The molecule has 1 spiro atoms.